The second-order valence-corrected chi connectivity index (χ2v) is 9.24. The van der Waals surface area contributed by atoms with E-state index in [4.69, 9.17) is 11.6 Å². The van der Waals surface area contributed by atoms with Crippen molar-refractivity contribution in [2.45, 2.75) is 17.7 Å². The van der Waals surface area contributed by atoms with Crippen LogP contribution in [0, 0.1) is 5.82 Å². The summed E-state index contributed by atoms with van der Waals surface area (Å²) in [5, 5.41) is 3.29. The summed E-state index contributed by atoms with van der Waals surface area (Å²) in [6.07, 6.45) is 1.32. The van der Waals surface area contributed by atoms with Crippen LogP contribution in [0.4, 0.5) is 15.8 Å². The summed E-state index contributed by atoms with van der Waals surface area (Å²) in [5.41, 5.74) is 2.38. The number of benzene rings is 3. The second-order valence-electron chi connectivity index (χ2n) is 6.94. The van der Waals surface area contributed by atoms with Gasteiger partial charge in [0, 0.05) is 22.8 Å². The van der Waals surface area contributed by atoms with Gasteiger partial charge in [-0.15, -0.1) is 0 Å². The van der Waals surface area contributed by atoms with Crippen LogP contribution in [0.15, 0.2) is 71.6 Å². The Labute approximate surface area is 179 Å². The number of anilines is 2. The Kier molecular flexibility index (Phi) is 5.49. The van der Waals surface area contributed by atoms with Crippen LogP contribution in [0.2, 0.25) is 5.02 Å². The lowest BCUT2D eigenvalue weighted by Crippen LogP contribution is -2.35. The van der Waals surface area contributed by atoms with Gasteiger partial charge in [-0.05, 0) is 79.1 Å². The number of sulfonamides is 1. The van der Waals surface area contributed by atoms with Gasteiger partial charge in [0.05, 0.1) is 10.6 Å². The molecule has 1 amide bonds. The van der Waals surface area contributed by atoms with Gasteiger partial charge in [-0.1, -0.05) is 17.7 Å². The number of nitrogens with one attached hydrogen (secondary N) is 1. The maximum absolute atomic E-state index is 13.2. The summed E-state index contributed by atoms with van der Waals surface area (Å²) in [7, 11) is -3.81. The van der Waals surface area contributed by atoms with Crippen molar-refractivity contribution in [3.63, 3.8) is 0 Å². The SMILES string of the molecule is O=C(Nc1ccc2c(c1)CCCN2S(=O)(=O)c1ccc(F)cc1)c1cccc(Cl)c1. The number of nitrogens with zero attached hydrogens (tertiary/aromatic N) is 1. The molecule has 0 saturated carbocycles. The quantitative estimate of drug-likeness (QED) is 0.624. The lowest BCUT2D eigenvalue weighted by molar-refractivity contribution is 0.102. The lowest BCUT2D eigenvalue weighted by Gasteiger charge is -2.31. The normalized spacial score (nSPS) is 13.6. The number of halogens is 2. The molecule has 154 valence electrons. The van der Waals surface area contributed by atoms with Gasteiger partial charge < -0.3 is 5.32 Å². The van der Waals surface area contributed by atoms with Crippen LogP contribution in [0.1, 0.15) is 22.3 Å². The third kappa shape index (κ3) is 4.04. The van der Waals surface area contributed by atoms with Crippen molar-refractivity contribution in [2.75, 3.05) is 16.2 Å². The van der Waals surface area contributed by atoms with E-state index in [1.54, 1.807) is 42.5 Å². The zero-order valence-corrected chi connectivity index (χ0v) is 17.4. The van der Waals surface area contributed by atoms with Gasteiger partial charge in [-0.3, -0.25) is 9.10 Å². The van der Waals surface area contributed by atoms with Crippen LogP contribution in [-0.2, 0) is 16.4 Å². The average molecular weight is 445 g/mol. The van der Waals surface area contributed by atoms with Crippen molar-refractivity contribution >= 4 is 38.9 Å². The summed E-state index contributed by atoms with van der Waals surface area (Å²) in [6, 6.07) is 16.5. The Hall–Kier alpha value is -2.90. The van der Waals surface area contributed by atoms with Crippen LogP contribution in [0.3, 0.4) is 0 Å². The number of rotatable bonds is 4. The molecule has 1 aliphatic rings. The first-order valence-electron chi connectivity index (χ1n) is 9.33. The summed E-state index contributed by atoms with van der Waals surface area (Å²) in [4.78, 5) is 12.5. The smallest absolute Gasteiger partial charge is 0.264 e. The van der Waals surface area contributed by atoms with E-state index in [1.807, 2.05) is 0 Å². The zero-order valence-electron chi connectivity index (χ0n) is 15.8. The molecule has 0 aliphatic carbocycles. The third-order valence-electron chi connectivity index (χ3n) is 4.90. The highest BCUT2D eigenvalue weighted by molar-refractivity contribution is 7.92. The topological polar surface area (TPSA) is 66.5 Å². The number of amides is 1. The minimum absolute atomic E-state index is 0.0371. The van der Waals surface area contributed by atoms with Crippen LogP contribution in [-0.4, -0.2) is 20.9 Å². The fourth-order valence-electron chi connectivity index (χ4n) is 3.46. The molecule has 0 saturated heterocycles. The second kappa shape index (κ2) is 8.08. The van der Waals surface area contributed by atoms with Crippen LogP contribution in [0.25, 0.3) is 0 Å². The molecule has 0 aromatic heterocycles. The molecular formula is C22H18ClFN2O3S. The minimum atomic E-state index is -3.81. The Morgan fingerprint density at radius 1 is 1.03 bits per heavy atom. The number of aryl methyl sites for hydroxylation is 1. The summed E-state index contributed by atoms with van der Waals surface area (Å²) >= 11 is 5.94. The standard InChI is InChI=1S/C22H18ClFN2O3S/c23-17-5-1-3-16(13-17)22(27)25-19-8-11-21-15(14-19)4-2-12-26(21)30(28,29)20-9-6-18(24)7-10-20/h1,3,5-11,13-14H,2,4,12H2,(H,25,27). The number of carbonyl (C=O) groups is 1. The molecule has 8 heteroatoms. The van der Waals surface area contributed by atoms with Gasteiger partial charge in [0.2, 0.25) is 0 Å². The highest BCUT2D eigenvalue weighted by atomic mass is 35.5. The predicted molar refractivity (Wildman–Crippen MR) is 115 cm³/mol. The molecule has 4 rings (SSSR count). The Morgan fingerprint density at radius 2 is 1.80 bits per heavy atom. The molecule has 0 fully saturated rings. The van der Waals surface area contributed by atoms with E-state index in [2.05, 4.69) is 5.32 Å². The van der Waals surface area contributed by atoms with E-state index in [0.717, 1.165) is 17.7 Å². The Balaban J connectivity index is 1.61. The highest BCUT2D eigenvalue weighted by Gasteiger charge is 2.29. The molecule has 5 nitrogen and oxygen atoms in total. The molecule has 3 aromatic rings. The maximum Gasteiger partial charge on any atom is 0.264 e. The van der Waals surface area contributed by atoms with E-state index < -0.39 is 15.8 Å². The van der Waals surface area contributed by atoms with Crippen molar-refractivity contribution in [3.05, 3.63) is 88.7 Å². The summed E-state index contributed by atoms with van der Waals surface area (Å²) < 4.78 is 40.7. The van der Waals surface area contributed by atoms with Gasteiger partial charge >= 0.3 is 0 Å². The first kappa shape index (κ1) is 20.4. The molecule has 0 unspecified atom stereocenters. The summed E-state index contributed by atoms with van der Waals surface area (Å²) in [6.45, 7) is 0.334. The van der Waals surface area contributed by atoms with Gasteiger partial charge in [-0.2, -0.15) is 0 Å². The molecule has 0 bridgehead atoms. The van der Waals surface area contributed by atoms with E-state index in [0.29, 0.717) is 41.3 Å². The van der Waals surface area contributed by atoms with Crippen molar-refractivity contribution < 1.29 is 17.6 Å². The molecule has 1 aliphatic heterocycles. The fourth-order valence-corrected chi connectivity index (χ4v) is 5.19. The van der Waals surface area contributed by atoms with E-state index in [9.17, 15) is 17.6 Å². The number of hydrogen-bond donors (Lipinski definition) is 1. The number of fused-ring (bicyclic) bond motifs is 1. The predicted octanol–water partition coefficient (Wildman–Crippen LogP) is 4.87. The lowest BCUT2D eigenvalue weighted by atomic mass is 10.0. The number of hydrogen-bond acceptors (Lipinski definition) is 3. The van der Waals surface area contributed by atoms with Crippen LogP contribution < -0.4 is 9.62 Å². The third-order valence-corrected chi connectivity index (χ3v) is 6.96. The molecule has 0 atom stereocenters. The first-order chi connectivity index (χ1) is 14.3. The molecular weight excluding hydrogens is 427 g/mol. The largest absolute Gasteiger partial charge is 0.322 e. The van der Waals surface area contributed by atoms with Crippen molar-refractivity contribution in [3.8, 4) is 0 Å². The molecule has 1 heterocycles. The van der Waals surface area contributed by atoms with Crippen molar-refractivity contribution in [2.24, 2.45) is 0 Å². The monoisotopic (exact) mass is 444 g/mol. The molecule has 0 spiro atoms. The van der Waals surface area contributed by atoms with Gasteiger partial charge in [0.1, 0.15) is 5.82 Å². The van der Waals surface area contributed by atoms with E-state index in [1.165, 1.54) is 16.4 Å². The number of carbonyl (C=O) groups excluding carboxylic acids is 1. The van der Waals surface area contributed by atoms with Gasteiger partial charge in [0.15, 0.2) is 0 Å². The molecule has 1 N–H and O–H groups in total. The Bertz CT molecular complexity index is 1210. The Morgan fingerprint density at radius 3 is 2.53 bits per heavy atom. The van der Waals surface area contributed by atoms with Crippen LogP contribution >= 0.6 is 11.6 Å². The average Bonchev–Trinajstić information content (AvgIpc) is 2.73. The van der Waals surface area contributed by atoms with Crippen LogP contribution in [0.5, 0.6) is 0 Å². The maximum atomic E-state index is 13.2. The minimum Gasteiger partial charge on any atom is -0.322 e. The summed E-state index contributed by atoms with van der Waals surface area (Å²) in [5.74, 6) is -0.794. The molecule has 3 aromatic carbocycles. The van der Waals surface area contributed by atoms with Gasteiger partial charge in [-0.25, -0.2) is 12.8 Å². The van der Waals surface area contributed by atoms with E-state index in [-0.39, 0.29) is 10.8 Å². The van der Waals surface area contributed by atoms with Crippen molar-refractivity contribution in [1.82, 2.24) is 0 Å². The molecule has 30 heavy (non-hydrogen) atoms. The van der Waals surface area contributed by atoms with Crippen molar-refractivity contribution in [1.29, 1.82) is 0 Å². The zero-order chi connectivity index (χ0) is 21.3. The van der Waals surface area contributed by atoms with E-state index >= 15 is 0 Å². The van der Waals surface area contributed by atoms with Gasteiger partial charge in [0.25, 0.3) is 15.9 Å². The fraction of sp³-hybridized carbons (Fsp3) is 0.136. The highest BCUT2D eigenvalue weighted by Crippen LogP contribution is 2.34. The molecule has 0 radical (unpaired) electrons. The first-order valence-corrected chi connectivity index (χ1v) is 11.1.